The van der Waals surface area contributed by atoms with E-state index in [1.807, 2.05) is 38.1 Å². The van der Waals surface area contributed by atoms with E-state index in [1.165, 1.54) is 11.1 Å². The van der Waals surface area contributed by atoms with E-state index in [9.17, 15) is 19.5 Å². The minimum absolute atomic E-state index is 0.0244. The molecule has 1 atom stereocenters. The van der Waals surface area contributed by atoms with Gasteiger partial charge in [0.2, 0.25) is 5.91 Å². The summed E-state index contributed by atoms with van der Waals surface area (Å²) in [5.74, 6) is -1.02. The molecule has 1 heterocycles. The lowest BCUT2D eigenvalue weighted by Gasteiger charge is -2.47. The highest BCUT2D eigenvalue weighted by molar-refractivity contribution is 5.84. The fourth-order valence-electron chi connectivity index (χ4n) is 5.09. The Morgan fingerprint density at radius 1 is 1.06 bits per heavy atom. The van der Waals surface area contributed by atoms with Crippen LogP contribution in [0.4, 0.5) is 4.79 Å². The van der Waals surface area contributed by atoms with Crippen molar-refractivity contribution in [2.75, 3.05) is 19.7 Å². The minimum Gasteiger partial charge on any atom is -0.481 e. The van der Waals surface area contributed by atoms with Gasteiger partial charge in [0.1, 0.15) is 12.0 Å². The summed E-state index contributed by atoms with van der Waals surface area (Å²) in [5, 5.41) is 12.3. The SMILES string of the molecule is CCCC(CC(=O)N1CC(CC)(C(=O)O)C1)NC(=O)OCC1c2ccccc2-c2ccccc21. The molecule has 0 aromatic heterocycles. The van der Waals surface area contributed by atoms with Crippen LogP contribution in [0.1, 0.15) is 56.6 Å². The average Bonchev–Trinajstić information content (AvgIpc) is 3.11. The number of amides is 2. The van der Waals surface area contributed by atoms with Gasteiger partial charge in [-0.25, -0.2) is 4.79 Å². The second kappa shape index (κ2) is 9.87. The summed E-state index contributed by atoms with van der Waals surface area (Å²) >= 11 is 0. The van der Waals surface area contributed by atoms with E-state index >= 15 is 0 Å². The standard InChI is InChI=1S/C27H32N2O5/c1-3-9-18(14-24(30)29-16-27(4-2,17-29)25(31)32)28-26(33)34-15-23-21-12-7-5-10-19(21)20-11-6-8-13-22(20)23/h5-8,10-13,18,23H,3-4,9,14-17H2,1-2H3,(H,28,33)(H,31,32). The van der Waals surface area contributed by atoms with E-state index in [0.29, 0.717) is 12.8 Å². The summed E-state index contributed by atoms with van der Waals surface area (Å²) in [6.07, 6.45) is 1.53. The molecule has 0 radical (unpaired) electrons. The number of alkyl carbamates (subject to hydrolysis) is 1. The third-order valence-electron chi connectivity index (χ3n) is 7.19. The molecule has 1 unspecified atom stereocenters. The van der Waals surface area contributed by atoms with Gasteiger partial charge >= 0.3 is 12.1 Å². The van der Waals surface area contributed by atoms with E-state index in [2.05, 4.69) is 29.6 Å². The Hall–Kier alpha value is -3.35. The second-order valence-corrected chi connectivity index (χ2v) is 9.35. The molecule has 7 heteroatoms. The smallest absolute Gasteiger partial charge is 0.407 e. The molecule has 2 aromatic carbocycles. The number of carboxylic acid groups (broad SMARTS) is 1. The van der Waals surface area contributed by atoms with Crippen molar-refractivity contribution in [3.05, 3.63) is 59.7 Å². The van der Waals surface area contributed by atoms with Crippen LogP contribution in [0.15, 0.2) is 48.5 Å². The molecule has 0 saturated carbocycles. The molecule has 1 fully saturated rings. The van der Waals surface area contributed by atoms with E-state index in [-0.39, 0.29) is 44.0 Å². The first kappa shape index (κ1) is 23.8. The third kappa shape index (κ3) is 4.52. The Balaban J connectivity index is 1.33. The molecule has 1 aliphatic heterocycles. The first-order valence-corrected chi connectivity index (χ1v) is 12.0. The van der Waals surface area contributed by atoms with Crippen LogP contribution in [0.5, 0.6) is 0 Å². The number of likely N-dealkylation sites (tertiary alicyclic amines) is 1. The first-order chi connectivity index (χ1) is 16.4. The summed E-state index contributed by atoms with van der Waals surface area (Å²) in [7, 11) is 0. The predicted molar refractivity (Wildman–Crippen MR) is 128 cm³/mol. The number of carbonyl (C=O) groups is 3. The lowest BCUT2D eigenvalue weighted by Crippen LogP contribution is -2.62. The van der Waals surface area contributed by atoms with Crippen LogP contribution in [0.3, 0.4) is 0 Å². The maximum Gasteiger partial charge on any atom is 0.407 e. The second-order valence-electron chi connectivity index (χ2n) is 9.35. The zero-order chi connectivity index (χ0) is 24.3. The van der Waals surface area contributed by atoms with Gasteiger partial charge in [-0.2, -0.15) is 0 Å². The Labute approximate surface area is 200 Å². The summed E-state index contributed by atoms with van der Waals surface area (Å²) in [6.45, 7) is 4.49. The number of fused-ring (bicyclic) bond motifs is 3. The minimum atomic E-state index is -0.860. The van der Waals surface area contributed by atoms with E-state index in [0.717, 1.165) is 17.5 Å². The number of nitrogens with zero attached hydrogens (tertiary/aromatic N) is 1. The van der Waals surface area contributed by atoms with Gasteiger partial charge < -0.3 is 20.1 Å². The van der Waals surface area contributed by atoms with E-state index in [1.54, 1.807) is 4.90 Å². The fraction of sp³-hybridized carbons (Fsp3) is 0.444. The molecule has 180 valence electrons. The molecule has 34 heavy (non-hydrogen) atoms. The molecular weight excluding hydrogens is 432 g/mol. The zero-order valence-corrected chi connectivity index (χ0v) is 19.8. The van der Waals surface area contributed by atoms with Crippen molar-refractivity contribution in [3.63, 3.8) is 0 Å². The zero-order valence-electron chi connectivity index (χ0n) is 19.8. The van der Waals surface area contributed by atoms with Crippen molar-refractivity contribution in [2.45, 2.75) is 51.5 Å². The lowest BCUT2D eigenvalue weighted by atomic mass is 9.77. The number of carbonyl (C=O) groups excluding carboxylic acids is 2. The van der Waals surface area contributed by atoms with Crippen molar-refractivity contribution in [2.24, 2.45) is 5.41 Å². The molecule has 2 N–H and O–H groups in total. The third-order valence-corrected chi connectivity index (χ3v) is 7.19. The van der Waals surface area contributed by atoms with Crippen LogP contribution >= 0.6 is 0 Å². The Morgan fingerprint density at radius 2 is 1.65 bits per heavy atom. The quantitative estimate of drug-likeness (QED) is 0.573. The van der Waals surface area contributed by atoms with Crippen LogP contribution in [0, 0.1) is 5.41 Å². The molecule has 0 spiro atoms. The highest BCUT2D eigenvalue weighted by Gasteiger charge is 2.49. The highest BCUT2D eigenvalue weighted by atomic mass is 16.5. The lowest BCUT2D eigenvalue weighted by molar-refractivity contribution is -0.166. The topological polar surface area (TPSA) is 95.9 Å². The number of benzene rings is 2. The average molecular weight is 465 g/mol. The molecule has 2 aromatic rings. The molecule has 2 amide bonds. The molecule has 1 saturated heterocycles. The Morgan fingerprint density at radius 3 is 2.18 bits per heavy atom. The van der Waals surface area contributed by atoms with Crippen molar-refractivity contribution in [3.8, 4) is 11.1 Å². The van der Waals surface area contributed by atoms with Crippen LogP contribution in [0.25, 0.3) is 11.1 Å². The van der Waals surface area contributed by atoms with Gasteiger partial charge in [-0.1, -0.05) is 68.8 Å². The maximum atomic E-state index is 12.7. The number of hydrogen-bond acceptors (Lipinski definition) is 4. The van der Waals surface area contributed by atoms with Crippen molar-refractivity contribution >= 4 is 18.0 Å². The van der Waals surface area contributed by atoms with Gasteiger partial charge in [-0.15, -0.1) is 0 Å². The number of ether oxygens (including phenoxy) is 1. The summed E-state index contributed by atoms with van der Waals surface area (Å²) in [6, 6.07) is 16.0. The van der Waals surface area contributed by atoms with Crippen LogP contribution < -0.4 is 5.32 Å². The monoisotopic (exact) mass is 464 g/mol. The number of nitrogens with one attached hydrogen (secondary N) is 1. The fourth-order valence-corrected chi connectivity index (χ4v) is 5.09. The van der Waals surface area contributed by atoms with E-state index in [4.69, 9.17) is 4.74 Å². The van der Waals surface area contributed by atoms with Crippen molar-refractivity contribution < 1.29 is 24.2 Å². The maximum absolute atomic E-state index is 12.7. The van der Waals surface area contributed by atoms with Gasteiger partial charge in [-0.3, -0.25) is 9.59 Å². The Bertz CT molecular complexity index is 1030. The van der Waals surface area contributed by atoms with Crippen LogP contribution in [-0.4, -0.2) is 53.7 Å². The summed E-state index contributed by atoms with van der Waals surface area (Å²) in [4.78, 5) is 38.4. The van der Waals surface area contributed by atoms with Gasteiger partial charge in [0.05, 0.1) is 0 Å². The molecule has 1 aliphatic carbocycles. The van der Waals surface area contributed by atoms with Crippen molar-refractivity contribution in [1.29, 1.82) is 0 Å². The van der Waals surface area contributed by atoms with Gasteiger partial charge in [0, 0.05) is 31.5 Å². The summed E-state index contributed by atoms with van der Waals surface area (Å²) < 4.78 is 5.63. The normalized spacial score (nSPS) is 16.7. The van der Waals surface area contributed by atoms with E-state index < -0.39 is 17.5 Å². The largest absolute Gasteiger partial charge is 0.481 e. The molecule has 2 aliphatic rings. The number of hydrogen-bond donors (Lipinski definition) is 2. The van der Waals surface area contributed by atoms with Crippen LogP contribution in [-0.2, 0) is 14.3 Å². The van der Waals surface area contributed by atoms with Gasteiger partial charge in [0.15, 0.2) is 0 Å². The molecular formula is C27H32N2O5. The number of aliphatic carboxylic acids is 1. The van der Waals surface area contributed by atoms with Gasteiger partial charge in [-0.05, 0) is 35.1 Å². The predicted octanol–water partition coefficient (Wildman–Crippen LogP) is 4.41. The molecule has 0 bridgehead atoms. The number of carboxylic acids is 1. The van der Waals surface area contributed by atoms with Crippen molar-refractivity contribution in [1.82, 2.24) is 10.2 Å². The van der Waals surface area contributed by atoms with Gasteiger partial charge in [0.25, 0.3) is 0 Å². The molecule has 7 nitrogen and oxygen atoms in total. The molecule has 4 rings (SSSR count). The van der Waals surface area contributed by atoms with Crippen LogP contribution in [0.2, 0.25) is 0 Å². The summed E-state index contributed by atoms with van der Waals surface area (Å²) in [5.41, 5.74) is 3.79. The Kier molecular flexibility index (Phi) is 6.91. The highest BCUT2D eigenvalue weighted by Crippen LogP contribution is 2.44. The first-order valence-electron chi connectivity index (χ1n) is 12.0. The number of rotatable bonds is 9.